The maximum Gasteiger partial charge on any atom is 0.287 e. The molecule has 0 aliphatic carbocycles. The highest BCUT2D eigenvalue weighted by atomic mass is 127. The van der Waals surface area contributed by atoms with Crippen molar-refractivity contribution in [1.29, 1.82) is 0 Å². The first kappa shape index (κ1) is 20.1. The molecule has 0 atom stereocenters. The summed E-state index contributed by atoms with van der Waals surface area (Å²) in [6.45, 7) is 0.667. The molecule has 130 valence electrons. The Labute approximate surface area is 161 Å². The number of ether oxygens (including phenoxy) is 1. The molecule has 0 unspecified atom stereocenters. The van der Waals surface area contributed by atoms with Gasteiger partial charge < -0.3 is 25.5 Å². The summed E-state index contributed by atoms with van der Waals surface area (Å²) < 4.78 is 10.0. The second-order valence-electron chi connectivity index (χ2n) is 4.47. The highest BCUT2D eigenvalue weighted by molar-refractivity contribution is 14.0. The minimum atomic E-state index is -0.293. The van der Waals surface area contributed by atoms with Crippen molar-refractivity contribution in [3.05, 3.63) is 47.4 Å². The number of benzene rings is 1. The van der Waals surface area contributed by atoms with Gasteiger partial charge >= 0.3 is 0 Å². The number of rotatable bonds is 6. The lowest BCUT2D eigenvalue weighted by molar-refractivity contribution is 0.0927. The molecule has 0 saturated heterocycles. The summed E-state index contributed by atoms with van der Waals surface area (Å²) in [7, 11) is 1.54. The van der Waals surface area contributed by atoms with E-state index in [-0.39, 0.29) is 41.6 Å². The first-order valence-electron chi connectivity index (χ1n) is 6.82. The van der Waals surface area contributed by atoms with E-state index in [0.29, 0.717) is 29.5 Å². The molecular weight excluding hydrogens is 447 g/mol. The van der Waals surface area contributed by atoms with Crippen molar-refractivity contribution in [1.82, 2.24) is 5.32 Å². The molecule has 2 aromatic rings. The van der Waals surface area contributed by atoms with Gasteiger partial charge in [-0.1, -0.05) is 11.6 Å². The second kappa shape index (κ2) is 10.0. The van der Waals surface area contributed by atoms with Crippen LogP contribution >= 0.6 is 35.6 Å². The maximum atomic E-state index is 11.6. The Morgan fingerprint density at radius 3 is 2.83 bits per heavy atom. The SMILES string of the molecule is COc1ccc(NC(N)=NCCNC(=O)c2ccco2)cc1Cl.I. The van der Waals surface area contributed by atoms with Crippen molar-refractivity contribution in [2.45, 2.75) is 0 Å². The lowest BCUT2D eigenvalue weighted by Crippen LogP contribution is -2.28. The van der Waals surface area contributed by atoms with Gasteiger partial charge in [0.25, 0.3) is 5.91 Å². The summed E-state index contributed by atoms with van der Waals surface area (Å²) in [6.07, 6.45) is 1.44. The number of hydrogen-bond acceptors (Lipinski definition) is 4. The van der Waals surface area contributed by atoms with E-state index in [1.165, 1.54) is 6.26 Å². The van der Waals surface area contributed by atoms with Crippen LogP contribution in [0.4, 0.5) is 5.69 Å². The summed E-state index contributed by atoms with van der Waals surface area (Å²) in [6, 6.07) is 8.41. The van der Waals surface area contributed by atoms with E-state index in [1.54, 1.807) is 37.4 Å². The van der Waals surface area contributed by atoms with Gasteiger partial charge in [0.15, 0.2) is 11.7 Å². The van der Waals surface area contributed by atoms with Crippen LogP contribution in [0.15, 0.2) is 46.0 Å². The molecule has 0 fully saturated rings. The average molecular weight is 465 g/mol. The zero-order valence-electron chi connectivity index (χ0n) is 12.9. The number of anilines is 1. The molecule has 0 spiro atoms. The first-order valence-corrected chi connectivity index (χ1v) is 7.20. The van der Waals surface area contributed by atoms with E-state index in [2.05, 4.69) is 15.6 Å². The predicted molar refractivity (Wildman–Crippen MR) is 105 cm³/mol. The number of nitrogens with two attached hydrogens (primary N) is 1. The van der Waals surface area contributed by atoms with Crippen LogP contribution in [0.1, 0.15) is 10.6 Å². The standard InChI is InChI=1S/C15H17ClN4O3.HI/c1-22-12-5-4-10(9-11(12)16)20-15(17)19-7-6-18-14(21)13-3-2-8-23-13;/h2-5,8-9H,6-7H2,1H3,(H,18,21)(H3,17,19,20);1H. The maximum absolute atomic E-state index is 11.6. The molecule has 1 aromatic heterocycles. The van der Waals surface area contributed by atoms with E-state index in [9.17, 15) is 4.79 Å². The van der Waals surface area contributed by atoms with E-state index in [0.717, 1.165) is 0 Å². The summed E-state index contributed by atoms with van der Waals surface area (Å²) in [5.41, 5.74) is 6.46. The molecule has 0 radical (unpaired) electrons. The Bertz CT molecular complexity index is 692. The molecular formula is C15H18ClIN4O3. The zero-order valence-corrected chi connectivity index (χ0v) is 16.0. The van der Waals surface area contributed by atoms with Crippen LogP contribution in [0, 0.1) is 0 Å². The molecule has 0 bridgehead atoms. The van der Waals surface area contributed by atoms with Gasteiger partial charge in [-0.3, -0.25) is 9.79 Å². The number of nitrogens with zero attached hydrogens (tertiary/aromatic N) is 1. The number of methoxy groups -OCH3 is 1. The molecule has 4 N–H and O–H groups in total. The molecule has 2 rings (SSSR count). The number of carbonyl (C=O) groups is 1. The van der Waals surface area contributed by atoms with Crippen molar-refractivity contribution in [2.24, 2.45) is 10.7 Å². The monoisotopic (exact) mass is 464 g/mol. The van der Waals surface area contributed by atoms with Crippen LogP contribution in [0.3, 0.4) is 0 Å². The van der Waals surface area contributed by atoms with Crippen molar-refractivity contribution >= 4 is 53.1 Å². The van der Waals surface area contributed by atoms with E-state index in [4.69, 9.17) is 26.5 Å². The quantitative estimate of drug-likeness (QED) is 0.264. The molecule has 7 nitrogen and oxygen atoms in total. The fraction of sp³-hybridized carbons (Fsp3) is 0.200. The Morgan fingerprint density at radius 2 is 2.21 bits per heavy atom. The third kappa shape index (κ3) is 5.93. The van der Waals surface area contributed by atoms with Crippen molar-refractivity contribution in [2.75, 3.05) is 25.5 Å². The topological polar surface area (TPSA) is 102 Å². The number of amides is 1. The van der Waals surface area contributed by atoms with Crippen molar-refractivity contribution < 1.29 is 13.9 Å². The number of halogens is 2. The van der Waals surface area contributed by atoms with Crippen molar-refractivity contribution in [3.63, 3.8) is 0 Å². The first-order chi connectivity index (χ1) is 11.1. The molecule has 24 heavy (non-hydrogen) atoms. The molecule has 9 heteroatoms. The van der Waals surface area contributed by atoms with Gasteiger partial charge in [0.2, 0.25) is 0 Å². The number of furan rings is 1. The normalized spacial score (nSPS) is 10.7. The van der Waals surface area contributed by atoms with E-state index >= 15 is 0 Å². The molecule has 1 amide bonds. The number of guanidine groups is 1. The van der Waals surface area contributed by atoms with Gasteiger partial charge in [0.05, 0.1) is 24.9 Å². The minimum absolute atomic E-state index is 0. The summed E-state index contributed by atoms with van der Waals surface area (Å²) in [4.78, 5) is 15.7. The predicted octanol–water partition coefficient (Wildman–Crippen LogP) is 2.72. The van der Waals surface area contributed by atoms with Crippen LogP contribution < -0.4 is 21.1 Å². The fourth-order valence-corrected chi connectivity index (χ4v) is 2.03. The molecule has 1 aromatic carbocycles. The molecule has 1 heterocycles. The summed E-state index contributed by atoms with van der Waals surface area (Å²) >= 11 is 6.02. The summed E-state index contributed by atoms with van der Waals surface area (Å²) in [5, 5.41) is 6.04. The van der Waals surface area contributed by atoms with Gasteiger partial charge in [-0.05, 0) is 30.3 Å². The van der Waals surface area contributed by atoms with Crippen LogP contribution in [0.25, 0.3) is 0 Å². The van der Waals surface area contributed by atoms with E-state index in [1.807, 2.05) is 0 Å². The Hall–Kier alpha value is -1.94. The molecule has 0 aliphatic rings. The minimum Gasteiger partial charge on any atom is -0.495 e. The number of hydrogen-bond donors (Lipinski definition) is 3. The van der Waals surface area contributed by atoms with Gasteiger partial charge in [0, 0.05) is 12.2 Å². The van der Waals surface area contributed by atoms with Gasteiger partial charge in [-0.15, -0.1) is 24.0 Å². The molecule has 0 aliphatic heterocycles. The number of carbonyl (C=O) groups excluding carboxylic acids is 1. The van der Waals surface area contributed by atoms with Gasteiger partial charge in [-0.2, -0.15) is 0 Å². The number of nitrogens with one attached hydrogen (secondary N) is 2. The smallest absolute Gasteiger partial charge is 0.287 e. The average Bonchev–Trinajstić information content (AvgIpc) is 3.06. The van der Waals surface area contributed by atoms with E-state index < -0.39 is 0 Å². The Kier molecular flexibility index (Phi) is 8.41. The fourth-order valence-electron chi connectivity index (χ4n) is 1.77. The van der Waals surface area contributed by atoms with Gasteiger partial charge in [-0.25, -0.2) is 0 Å². The Morgan fingerprint density at radius 1 is 1.42 bits per heavy atom. The lowest BCUT2D eigenvalue weighted by Gasteiger charge is -2.08. The third-order valence-corrected chi connectivity index (χ3v) is 3.14. The second-order valence-corrected chi connectivity index (χ2v) is 4.88. The number of aliphatic imine (C=N–C) groups is 1. The van der Waals surface area contributed by atoms with Crippen LogP contribution in [0.2, 0.25) is 5.02 Å². The van der Waals surface area contributed by atoms with Gasteiger partial charge in [0.1, 0.15) is 5.75 Å². The zero-order chi connectivity index (χ0) is 16.7. The highest BCUT2D eigenvalue weighted by Gasteiger charge is 2.06. The summed E-state index contributed by atoms with van der Waals surface area (Å²) in [5.74, 6) is 0.762. The third-order valence-electron chi connectivity index (χ3n) is 2.85. The lowest BCUT2D eigenvalue weighted by atomic mass is 10.3. The highest BCUT2D eigenvalue weighted by Crippen LogP contribution is 2.26. The molecule has 0 saturated carbocycles. The van der Waals surface area contributed by atoms with Crippen LogP contribution in [-0.4, -0.2) is 32.1 Å². The van der Waals surface area contributed by atoms with Crippen molar-refractivity contribution in [3.8, 4) is 5.75 Å². The van der Waals surface area contributed by atoms with Crippen LogP contribution in [0.5, 0.6) is 5.75 Å². The largest absolute Gasteiger partial charge is 0.495 e. The van der Waals surface area contributed by atoms with Crippen LogP contribution in [-0.2, 0) is 0 Å². The Balaban J connectivity index is 0.00000288.